The first kappa shape index (κ1) is 24.8. The van der Waals surface area contributed by atoms with Crippen molar-refractivity contribution in [3.05, 3.63) is 23.8 Å². The van der Waals surface area contributed by atoms with Crippen LogP contribution in [0.1, 0.15) is 61.8 Å². The number of hydrogen-bond acceptors (Lipinski definition) is 2. The van der Waals surface area contributed by atoms with Crippen LogP contribution >= 0.6 is 0 Å². The average molecular weight is 385 g/mol. The SMILES string of the molecule is CC=CC(CC=C(C)CO[Si](C)(C)C(C)(C)C)O[Si](C)(C)C(C)(C)C. The quantitative estimate of drug-likeness (QED) is 0.322. The molecule has 0 aromatic heterocycles. The number of allylic oxidation sites excluding steroid dienone is 1. The lowest BCUT2D eigenvalue weighted by Crippen LogP contribution is -2.43. The molecule has 1 atom stereocenters. The number of hydrogen-bond donors (Lipinski definition) is 0. The Morgan fingerprint density at radius 1 is 0.920 bits per heavy atom. The Hall–Kier alpha value is -0.166. The van der Waals surface area contributed by atoms with E-state index in [2.05, 4.69) is 99.8 Å². The van der Waals surface area contributed by atoms with Gasteiger partial charge in [-0.15, -0.1) is 0 Å². The van der Waals surface area contributed by atoms with Crippen LogP contribution < -0.4 is 0 Å². The normalized spacial score (nSPS) is 16.6. The molecular formula is C21H44O2Si2. The molecule has 2 nitrogen and oxygen atoms in total. The predicted octanol–water partition coefficient (Wildman–Crippen LogP) is 7.31. The fourth-order valence-corrected chi connectivity index (χ4v) is 4.13. The highest BCUT2D eigenvalue weighted by Crippen LogP contribution is 2.38. The van der Waals surface area contributed by atoms with Crippen molar-refractivity contribution in [3.8, 4) is 0 Å². The fourth-order valence-electron chi connectivity index (χ4n) is 1.82. The maximum atomic E-state index is 6.57. The second-order valence-electron chi connectivity index (χ2n) is 10.3. The van der Waals surface area contributed by atoms with Gasteiger partial charge in [-0.05, 0) is 56.5 Å². The molecule has 0 aromatic carbocycles. The van der Waals surface area contributed by atoms with Crippen molar-refractivity contribution in [3.63, 3.8) is 0 Å². The molecule has 0 aliphatic rings. The summed E-state index contributed by atoms with van der Waals surface area (Å²) in [6, 6.07) is 0. The number of rotatable bonds is 8. The van der Waals surface area contributed by atoms with Crippen molar-refractivity contribution in [2.24, 2.45) is 0 Å². The van der Waals surface area contributed by atoms with Gasteiger partial charge in [-0.3, -0.25) is 0 Å². The highest BCUT2D eigenvalue weighted by Gasteiger charge is 2.39. The first-order valence-corrected chi connectivity index (χ1v) is 15.5. The van der Waals surface area contributed by atoms with E-state index < -0.39 is 16.6 Å². The molecule has 0 amide bonds. The Morgan fingerprint density at radius 2 is 1.40 bits per heavy atom. The summed E-state index contributed by atoms with van der Waals surface area (Å²) in [6.07, 6.45) is 7.68. The van der Waals surface area contributed by atoms with Crippen molar-refractivity contribution < 1.29 is 8.85 Å². The lowest BCUT2D eigenvalue weighted by atomic mass is 10.2. The van der Waals surface area contributed by atoms with Crippen LogP contribution in [-0.2, 0) is 8.85 Å². The minimum absolute atomic E-state index is 0.161. The molecule has 0 aliphatic heterocycles. The average Bonchev–Trinajstić information content (AvgIpc) is 2.40. The van der Waals surface area contributed by atoms with E-state index in [0.29, 0.717) is 0 Å². The van der Waals surface area contributed by atoms with Crippen LogP contribution in [0.25, 0.3) is 0 Å². The van der Waals surface area contributed by atoms with Gasteiger partial charge >= 0.3 is 0 Å². The van der Waals surface area contributed by atoms with Crippen molar-refractivity contribution >= 4 is 16.6 Å². The molecule has 0 spiro atoms. The summed E-state index contributed by atoms with van der Waals surface area (Å²) in [5.74, 6) is 0. The molecule has 0 bridgehead atoms. The van der Waals surface area contributed by atoms with E-state index in [1.54, 1.807) is 0 Å². The van der Waals surface area contributed by atoms with E-state index in [4.69, 9.17) is 8.85 Å². The minimum atomic E-state index is -1.76. The van der Waals surface area contributed by atoms with Crippen molar-refractivity contribution in [1.82, 2.24) is 0 Å². The van der Waals surface area contributed by atoms with Crippen LogP contribution in [0, 0.1) is 0 Å². The summed E-state index contributed by atoms with van der Waals surface area (Å²) in [5.41, 5.74) is 1.30. The molecule has 4 heteroatoms. The largest absolute Gasteiger partial charge is 0.413 e. The maximum absolute atomic E-state index is 6.57. The monoisotopic (exact) mass is 384 g/mol. The molecule has 25 heavy (non-hydrogen) atoms. The third-order valence-corrected chi connectivity index (χ3v) is 14.8. The summed E-state index contributed by atoms with van der Waals surface area (Å²) in [7, 11) is -3.44. The van der Waals surface area contributed by atoms with Crippen molar-refractivity contribution in [2.45, 2.75) is 104 Å². The summed E-state index contributed by atoms with van der Waals surface area (Å²) < 4.78 is 12.9. The molecule has 0 saturated heterocycles. The zero-order valence-electron chi connectivity index (χ0n) is 19.0. The van der Waals surface area contributed by atoms with Crippen molar-refractivity contribution in [2.75, 3.05) is 6.61 Å². The molecule has 0 fully saturated rings. The van der Waals surface area contributed by atoms with Crippen LogP contribution in [0.3, 0.4) is 0 Å². The van der Waals surface area contributed by atoms with Gasteiger partial charge < -0.3 is 8.85 Å². The Labute approximate surface area is 160 Å². The van der Waals surface area contributed by atoms with Crippen LogP contribution in [-0.4, -0.2) is 29.3 Å². The Bertz CT molecular complexity index is 463. The lowest BCUT2D eigenvalue weighted by molar-refractivity contribution is 0.227. The molecule has 0 radical (unpaired) electrons. The van der Waals surface area contributed by atoms with E-state index in [0.717, 1.165) is 13.0 Å². The van der Waals surface area contributed by atoms with E-state index in [1.165, 1.54) is 5.57 Å². The summed E-state index contributed by atoms with van der Waals surface area (Å²) in [4.78, 5) is 0. The second kappa shape index (κ2) is 9.16. The zero-order chi connectivity index (χ0) is 20.1. The molecule has 0 saturated carbocycles. The van der Waals surface area contributed by atoms with Gasteiger partial charge in [-0.1, -0.05) is 65.3 Å². The molecule has 0 N–H and O–H groups in total. The second-order valence-corrected chi connectivity index (χ2v) is 19.8. The standard InChI is InChI=1S/C21H44O2Si2/c1-13-14-19(23-25(11,12)21(6,7)8)16-15-18(2)17-22-24(9,10)20(3,4)5/h13-15,19H,16-17H2,1-12H3. The van der Waals surface area contributed by atoms with Crippen LogP contribution in [0.15, 0.2) is 23.8 Å². The first-order valence-electron chi connectivity index (χ1n) is 9.64. The summed E-state index contributed by atoms with van der Waals surface area (Å²) >= 11 is 0. The maximum Gasteiger partial charge on any atom is 0.192 e. The van der Waals surface area contributed by atoms with E-state index in [9.17, 15) is 0 Å². The van der Waals surface area contributed by atoms with E-state index in [-0.39, 0.29) is 16.2 Å². The molecule has 0 aliphatic carbocycles. The van der Waals surface area contributed by atoms with Gasteiger partial charge in [0, 0.05) is 0 Å². The highest BCUT2D eigenvalue weighted by atomic mass is 28.4. The van der Waals surface area contributed by atoms with Crippen LogP contribution in [0.4, 0.5) is 0 Å². The van der Waals surface area contributed by atoms with Gasteiger partial charge in [0.2, 0.25) is 0 Å². The van der Waals surface area contributed by atoms with Gasteiger partial charge in [-0.2, -0.15) is 0 Å². The fraction of sp³-hybridized carbons (Fsp3) is 0.810. The smallest absolute Gasteiger partial charge is 0.192 e. The van der Waals surface area contributed by atoms with E-state index in [1.807, 2.05) is 0 Å². The molecule has 0 rings (SSSR count). The summed E-state index contributed by atoms with van der Waals surface area (Å²) in [6.45, 7) is 28.0. The molecular weight excluding hydrogens is 340 g/mol. The van der Waals surface area contributed by atoms with Crippen LogP contribution in [0.2, 0.25) is 36.3 Å². The van der Waals surface area contributed by atoms with Crippen molar-refractivity contribution in [1.29, 1.82) is 0 Å². The predicted molar refractivity (Wildman–Crippen MR) is 118 cm³/mol. The third kappa shape index (κ3) is 8.37. The minimum Gasteiger partial charge on any atom is -0.413 e. The van der Waals surface area contributed by atoms with Gasteiger partial charge in [-0.25, -0.2) is 0 Å². The molecule has 0 heterocycles. The first-order chi connectivity index (χ1) is 11.0. The highest BCUT2D eigenvalue weighted by molar-refractivity contribution is 6.74. The molecule has 1 unspecified atom stereocenters. The van der Waals surface area contributed by atoms with E-state index >= 15 is 0 Å². The molecule has 0 aromatic rings. The van der Waals surface area contributed by atoms with Gasteiger partial charge in [0.15, 0.2) is 16.6 Å². The Kier molecular flexibility index (Phi) is 9.10. The Balaban J connectivity index is 4.87. The Morgan fingerprint density at radius 3 is 1.80 bits per heavy atom. The zero-order valence-corrected chi connectivity index (χ0v) is 21.0. The topological polar surface area (TPSA) is 18.5 Å². The summed E-state index contributed by atoms with van der Waals surface area (Å²) in [5, 5.41) is 0.489. The van der Waals surface area contributed by atoms with Gasteiger partial charge in [0.25, 0.3) is 0 Å². The third-order valence-electron chi connectivity index (χ3n) is 5.82. The molecule has 148 valence electrons. The van der Waals surface area contributed by atoms with Gasteiger partial charge in [0.05, 0.1) is 12.7 Å². The van der Waals surface area contributed by atoms with Gasteiger partial charge in [0.1, 0.15) is 0 Å². The lowest BCUT2D eigenvalue weighted by Gasteiger charge is -2.38. The van der Waals surface area contributed by atoms with Crippen LogP contribution in [0.5, 0.6) is 0 Å².